The van der Waals surface area contributed by atoms with E-state index >= 15 is 0 Å². The van der Waals surface area contributed by atoms with Gasteiger partial charge in [-0.1, -0.05) is 39.8 Å². The molecular formula is C13H24. The third-order valence-electron chi connectivity index (χ3n) is 2.90. The van der Waals surface area contributed by atoms with Gasteiger partial charge in [0, 0.05) is 0 Å². The first-order valence-electron chi connectivity index (χ1n) is 5.17. The Morgan fingerprint density at radius 2 is 1.69 bits per heavy atom. The van der Waals surface area contributed by atoms with Gasteiger partial charge in [-0.05, 0) is 30.1 Å². The van der Waals surface area contributed by atoms with Gasteiger partial charge in [0.25, 0.3) is 0 Å². The van der Waals surface area contributed by atoms with Crippen LogP contribution in [-0.2, 0) is 0 Å². The quantitative estimate of drug-likeness (QED) is 0.530. The molecule has 0 amide bonds. The maximum atomic E-state index is 3.83. The molecular weight excluding hydrogens is 156 g/mol. The lowest BCUT2D eigenvalue weighted by atomic mass is 9.69. The maximum absolute atomic E-state index is 3.83. The van der Waals surface area contributed by atoms with Crippen molar-refractivity contribution >= 4 is 0 Å². The summed E-state index contributed by atoms with van der Waals surface area (Å²) in [5.41, 5.74) is 0.351. The van der Waals surface area contributed by atoms with E-state index in [1.54, 1.807) is 0 Å². The van der Waals surface area contributed by atoms with Crippen molar-refractivity contribution in [2.45, 2.75) is 40.5 Å². The number of hydrogen-bond acceptors (Lipinski definition) is 0. The molecule has 0 spiro atoms. The molecule has 0 aromatic carbocycles. The van der Waals surface area contributed by atoms with Gasteiger partial charge in [-0.25, -0.2) is 0 Å². The number of hydrogen-bond donors (Lipinski definition) is 0. The molecule has 0 heterocycles. The Labute approximate surface area is 83.7 Å². The van der Waals surface area contributed by atoms with Crippen LogP contribution in [0, 0.1) is 17.3 Å². The van der Waals surface area contributed by atoms with Crippen molar-refractivity contribution in [3.63, 3.8) is 0 Å². The molecule has 0 aromatic rings. The average Bonchev–Trinajstić information content (AvgIpc) is 1.99. The van der Waals surface area contributed by atoms with E-state index in [1.165, 1.54) is 0 Å². The fourth-order valence-corrected chi connectivity index (χ4v) is 2.20. The normalized spacial score (nSPS) is 14.2. The van der Waals surface area contributed by atoms with Gasteiger partial charge in [-0.3, -0.25) is 0 Å². The zero-order valence-electron chi connectivity index (χ0n) is 9.64. The van der Waals surface area contributed by atoms with Crippen LogP contribution >= 0.6 is 0 Å². The first-order chi connectivity index (χ1) is 5.95. The SMILES string of the molecule is C=CC[C@H](C(C)C)C(C)(C)CC=C. The van der Waals surface area contributed by atoms with Crippen molar-refractivity contribution in [3.05, 3.63) is 25.3 Å². The van der Waals surface area contributed by atoms with E-state index in [-0.39, 0.29) is 0 Å². The highest BCUT2D eigenvalue weighted by molar-refractivity contribution is 4.89. The molecule has 0 N–H and O–H groups in total. The van der Waals surface area contributed by atoms with Crippen molar-refractivity contribution in [2.75, 3.05) is 0 Å². The molecule has 0 aliphatic rings. The van der Waals surface area contributed by atoms with E-state index < -0.39 is 0 Å². The summed E-state index contributed by atoms with van der Waals surface area (Å²) in [6, 6.07) is 0. The van der Waals surface area contributed by atoms with E-state index in [0.717, 1.165) is 12.8 Å². The van der Waals surface area contributed by atoms with Crippen LogP contribution < -0.4 is 0 Å². The molecule has 0 unspecified atom stereocenters. The fraction of sp³-hybridized carbons (Fsp3) is 0.692. The molecule has 0 heteroatoms. The van der Waals surface area contributed by atoms with Crippen LogP contribution in [0.1, 0.15) is 40.5 Å². The molecule has 0 saturated heterocycles. The Bertz CT molecular complexity index is 163. The molecule has 1 atom stereocenters. The van der Waals surface area contributed by atoms with Crippen molar-refractivity contribution < 1.29 is 0 Å². The Hall–Kier alpha value is -0.520. The summed E-state index contributed by atoms with van der Waals surface area (Å²) in [6.07, 6.45) is 6.26. The van der Waals surface area contributed by atoms with E-state index in [9.17, 15) is 0 Å². The number of rotatable bonds is 6. The van der Waals surface area contributed by atoms with Crippen LogP contribution in [0.2, 0.25) is 0 Å². The molecule has 0 aromatic heterocycles. The zero-order chi connectivity index (χ0) is 10.5. The van der Waals surface area contributed by atoms with E-state index in [0.29, 0.717) is 17.3 Å². The Morgan fingerprint density at radius 3 is 2.00 bits per heavy atom. The van der Waals surface area contributed by atoms with Crippen LogP contribution in [-0.4, -0.2) is 0 Å². The van der Waals surface area contributed by atoms with Crippen LogP contribution in [0.3, 0.4) is 0 Å². The summed E-state index contributed by atoms with van der Waals surface area (Å²) in [5.74, 6) is 1.43. The van der Waals surface area contributed by atoms with Crippen LogP contribution in [0.15, 0.2) is 25.3 Å². The monoisotopic (exact) mass is 180 g/mol. The second-order valence-corrected chi connectivity index (χ2v) is 4.86. The fourth-order valence-electron chi connectivity index (χ4n) is 2.20. The molecule has 0 rings (SSSR count). The summed E-state index contributed by atoms with van der Waals surface area (Å²) in [7, 11) is 0. The molecule has 0 nitrogen and oxygen atoms in total. The van der Waals surface area contributed by atoms with Gasteiger partial charge >= 0.3 is 0 Å². The second-order valence-electron chi connectivity index (χ2n) is 4.86. The molecule has 0 bridgehead atoms. The molecule has 0 fully saturated rings. The lowest BCUT2D eigenvalue weighted by Gasteiger charge is -2.36. The second kappa shape index (κ2) is 5.26. The molecule has 0 aliphatic heterocycles. The first kappa shape index (κ1) is 12.5. The highest BCUT2D eigenvalue weighted by Crippen LogP contribution is 2.38. The van der Waals surface area contributed by atoms with Gasteiger partial charge in [-0.2, -0.15) is 0 Å². The lowest BCUT2D eigenvalue weighted by molar-refractivity contribution is 0.161. The Balaban J connectivity index is 4.49. The van der Waals surface area contributed by atoms with Crippen molar-refractivity contribution in [1.29, 1.82) is 0 Å². The predicted octanol–water partition coefficient (Wildman–Crippen LogP) is 4.44. The molecule has 0 radical (unpaired) electrons. The molecule has 0 aliphatic carbocycles. The Kier molecular flexibility index (Phi) is 5.05. The summed E-state index contributed by atoms with van der Waals surface area (Å²) in [6.45, 7) is 16.9. The molecule has 76 valence electrons. The van der Waals surface area contributed by atoms with Gasteiger partial charge < -0.3 is 0 Å². The van der Waals surface area contributed by atoms with Crippen molar-refractivity contribution in [3.8, 4) is 0 Å². The molecule has 0 saturated carbocycles. The predicted molar refractivity (Wildman–Crippen MR) is 61.7 cm³/mol. The maximum Gasteiger partial charge on any atom is -0.0286 e. The summed E-state index contributed by atoms with van der Waals surface area (Å²) in [4.78, 5) is 0. The summed E-state index contributed by atoms with van der Waals surface area (Å²) in [5, 5.41) is 0. The van der Waals surface area contributed by atoms with Gasteiger partial charge in [0.15, 0.2) is 0 Å². The minimum absolute atomic E-state index is 0.351. The van der Waals surface area contributed by atoms with Crippen LogP contribution in [0.4, 0.5) is 0 Å². The van der Waals surface area contributed by atoms with Crippen LogP contribution in [0.5, 0.6) is 0 Å². The highest BCUT2D eigenvalue weighted by Gasteiger charge is 2.29. The smallest absolute Gasteiger partial charge is 0.0286 e. The van der Waals surface area contributed by atoms with Gasteiger partial charge in [-0.15, -0.1) is 13.2 Å². The van der Waals surface area contributed by atoms with E-state index in [4.69, 9.17) is 0 Å². The zero-order valence-corrected chi connectivity index (χ0v) is 9.64. The minimum Gasteiger partial charge on any atom is -0.103 e. The largest absolute Gasteiger partial charge is 0.103 e. The lowest BCUT2D eigenvalue weighted by Crippen LogP contribution is -2.27. The van der Waals surface area contributed by atoms with E-state index in [2.05, 4.69) is 40.9 Å². The van der Waals surface area contributed by atoms with Gasteiger partial charge in [0.05, 0.1) is 0 Å². The third kappa shape index (κ3) is 3.80. The van der Waals surface area contributed by atoms with E-state index in [1.807, 2.05) is 12.2 Å². The summed E-state index contributed by atoms with van der Waals surface area (Å²) >= 11 is 0. The van der Waals surface area contributed by atoms with Gasteiger partial charge in [0.1, 0.15) is 0 Å². The molecule has 13 heavy (non-hydrogen) atoms. The van der Waals surface area contributed by atoms with Crippen molar-refractivity contribution in [1.82, 2.24) is 0 Å². The third-order valence-corrected chi connectivity index (χ3v) is 2.90. The average molecular weight is 180 g/mol. The summed E-state index contributed by atoms with van der Waals surface area (Å²) < 4.78 is 0. The minimum atomic E-state index is 0.351. The van der Waals surface area contributed by atoms with Crippen molar-refractivity contribution in [2.24, 2.45) is 17.3 Å². The highest BCUT2D eigenvalue weighted by atomic mass is 14.3. The number of allylic oxidation sites excluding steroid dienone is 2. The van der Waals surface area contributed by atoms with Crippen LogP contribution in [0.25, 0.3) is 0 Å². The Morgan fingerprint density at radius 1 is 1.15 bits per heavy atom. The standard InChI is InChI=1S/C13H24/c1-7-9-12(11(3)4)13(5,6)10-8-2/h7-8,11-12H,1-2,9-10H2,3-6H3/t12-/m1/s1. The first-order valence-corrected chi connectivity index (χ1v) is 5.17. The van der Waals surface area contributed by atoms with Gasteiger partial charge in [0.2, 0.25) is 0 Å². The topological polar surface area (TPSA) is 0 Å².